The van der Waals surface area contributed by atoms with Crippen molar-refractivity contribution in [3.8, 4) is 22.6 Å². The van der Waals surface area contributed by atoms with Gasteiger partial charge in [-0.1, -0.05) is 18.2 Å². The first-order valence-electron chi connectivity index (χ1n) is 9.18. The van der Waals surface area contributed by atoms with E-state index in [9.17, 15) is 9.18 Å². The maximum atomic E-state index is 13.3. The molecule has 0 aliphatic carbocycles. The van der Waals surface area contributed by atoms with Crippen molar-refractivity contribution >= 4 is 5.97 Å². The Kier molecular flexibility index (Phi) is 5.16. The van der Waals surface area contributed by atoms with Gasteiger partial charge in [0.15, 0.2) is 0 Å². The molecule has 6 heteroatoms. The molecule has 0 saturated heterocycles. The average molecular weight is 387 g/mol. The summed E-state index contributed by atoms with van der Waals surface area (Å²) in [7, 11) is 0. The maximum absolute atomic E-state index is 13.3. The minimum absolute atomic E-state index is 0.266. The molecule has 0 aliphatic rings. The maximum Gasteiger partial charge on any atom is 0.335 e. The minimum atomic E-state index is -0.938. The number of hydrogen-bond acceptors (Lipinski definition) is 3. The second-order valence-electron chi connectivity index (χ2n) is 6.63. The third-order valence-corrected chi connectivity index (χ3v) is 4.64. The molecule has 0 atom stereocenters. The van der Waals surface area contributed by atoms with Crippen molar-refractivity contribution in [3.63, 3.8) is 0 Å². The largest absolute Gasteiger partial charge is 0.478 e. The minimum Gasteiger partial charge on any atom is -0.478 e. The SMILES string of the molecule is O=C(O)c1ccc(CCc2nc(-c3ccc(F)cc3)c(-c3ccccn3)[nH]2)cc1. The summed E-state index contributed by atoms with van der Waals surface area (Å²) >= 11 is 0. The van der Waals surface area contributed by atoms with Crippen LogP contribution in [0.15, 0.2) is 72.9 Å². The van der Waals surface area contributed by atoms with Gasteiger partial charge in [-0.15, -0.1) is 0 Å². The molecule has 2 heterocycles. The van der Waals surface area contributed by atoms with E-state index in [-0.39, 0.29) is 11.4 Å². The first-order valence-corrected chi connectivity index (χ1v) is 9.18. The number of nitrogens with zero attached hydrogens (tertiary/aromatic N) is 2. The van der Waals surface area contributed by atoms with Gasteiger partial charge in [0.05, 0.1) is 22.6 Å². The molecule has 2 aromatic carbocycles. The fraction of sp³-hybridized carbons (Fsp3) is 0.0870. The van der Waals surface area contributed by atoms with Crippen LogP contribution in [0.25, 0.3) is 22.6 Å². The molecule has 4 aromatic rings. The third kappa shape index (κ3) is 4.21. The topological polar surface area (TPSA) is 78.9 Å². The summed E-state index contributed by atoms with van der Waals surface area (Å²) in [5, 5.41) is 9.01. The van der Waals surface area contributed by atoms with E-state index in [1.54, 1.807) is 30.5 Å². The molecule has 0 fully saturated rings. The van der Waals surface area contributed by atoms with Gasteiger partial charge in [-0.3, -0.25) is 4.98 Å². The summed E-state index contributed by atoms with van der Waals surface area (Å²) in [4.78, 5) is 23.5. The Morgan fingerprint density at radius 3 is 2.38 bits per heavy atom. The monoisotopic (exact) mass is 387 g/mol. The Morgan fingerprint density at radius 1 is 0.966 bits per heavy atom. The predicted molar refractivity (Wildman–Crippen MR) is 108 cm³/mol. The van der Waals surface area contributed by atoms with Crippen LogP contribution in [0.4, 0.5) is 4.39 Å². The lowest BCUT2D eigenvalue weighted by atomic mass is 10.1. The number of rotatable bonds is 6. The molecule has 4 rings (SSSR count). The van der Waals surface area contributed by atoms with Gasteiger partial charge in [-0.05, 0) is 60.5 Å². The van der Waals surface area contributed by atoms with Crippen LogP contribution in [-0.2, 0) is 12.8 Å². The summed E-state index contributed by atoms with van der Waals surface area (Å²) in [6.45, 7) is 0. The van der Waals surface area contributed by atoms with Crippen molar-refractivity contribution in [1.82, 2.24) is 15.0 Å². The van der Waals surface area contributed by atoms with E-state index >= 15 is 0 Å². The lowest BCUT2D eigenvalue weighted by Crippen LogP contribution is -1.98. The number of aromatic amines is 1. The molecule has 2 aromatic heterocycles. The van der Waals surface area contributed by atoms with Crippen molar-refractivity contribution < 1.29 is 14.3 Å². The van der Waals surface area contributed by atoms with E-state index < -0.39 is 5.97 Å². The number of carboxylic acids is 1. The van der Waals surface area contributed by atoms with Gasteiger partial charge in [0.25, 0.3) is 0 Å². The smallest absolute Gasteiger partial charge is 0.335 e. The number of nitrogens with one attached hydrogen (secondary N) is 1. The van der Waals surface area contributed by atoms with Crippen molar-refractivity contribution in [3.05, 3.63) is 95.7 Å². The first-order chi connectivity index (χ1) is 14.1. The fourth-order valence-electron chi connectivity index (χ4n) is 3.13. The zero-order chi connectivity index (χ0) is 20.2. The molecule has 29 heavy (non-hydrogen) atoms. The summed E-state index contributed by atoms with van der Waals surface area (Å²) in [6.07, 6.45) is 3.07. The van der Waals surface area contributed by atoms with Crippen molar-refractivity contribution in [2.24, 2.45) is 0 Å². The zero-order valence-corrected chi connectivity index (χ0v) is 15.5. The van der Waals surface area contributed by atoms with Gasteiger partial charge in [0, 0.05) is 18.2 Å². The van der Waals surface area contributed by atoms with Crippen LogP contribution >= 0.6 is 0 Å². The second-order valence-corrected chi connectivity index (χ2v) is 6.63. The van der Waals surface area contributed by atoms with Crippen LogP contribution in [0.3, 0.4) is 0 Å². The molecular weight excluding hydrogens is 369 g/mol. The molecule has 0 radical (unpaired) electrons. The lowest BCUT2D eigenvalue weighted by molar-refractivity contribution is 0.0697. The number of halogens is 1. The van der Waals surface area contributed by atoms with E-state index in [0.29, 0.717) is 12.8 Å². The highest BCUT2D eigenvalue weighted by Crippen LogP contribution is 2.29. The summed E-state index contributed by atoms with van der Waals surface area (Å²) in [5.41, 5.74) is 4.36. The highest BCUT2D eigenvalue weighted by Gasteiger charge is 2.15. The first kappa shape index (κ1) is 18.6. The Balaban J connectivity index is 1.62. The quantitative estimate of drug-likeness (QED) is 0.500. The molecule has 0 unspecified atom stereocenters. The van der Waals surface area contributed by atoms with Crippen LogP contribution in [0.2, 0.25) is 0 Å². The number of aryl methyl sites for hydroxylation is 2. The lowest BCUT2D eigenvalue weighted by Gasteiger charge is -2.02. The van der Waals surface area contributed by atoms with Gasteiger partial charge in [-0.2, -0.15) is 0 Å². The fourth-order valence-corrected chi connectivity index (χ4v) is 3.13. The highest BCUT2D eigenvalue weighted by molar-refractivity contribution is 5.87. The molecule has 0 aliphatic heterocycles. The molecule has 0 amide bonds. The summed E-state index contributed by atoms with van der Waals surface area (Å²) < 4.78 is 13.3. The van der Waals surface area contributed by atoms with Crippen LogP contribution in [0.1, 0.15) is 21.7 Å². The molecule has 0 saturated carbocycles. The Labute approximate surface area is 166 Å². The number of carboxylic acid groups (broad SMARTS) is 1. The van der Waals surface area contributed by atoms with Crippen LogP contribution in [0.5, 0.6) is 0 Å². The van der Waals surface area contributed by atoms with E-state index in [1.165, 1.54) is 12.1 Å². The van der Waals surface area contributed by atoms with Crippen LogP contribution in [0, 0.1) is 5.82 Å². The number of hydrogen-bond donors (Lipinski definition) is 2. The number of H-pyrrole nitrogens is 1. The van der Waals surface area contributed by atoms with Crippen molar-refractivity contribution in [1.29, 1.82) is 0 Å². The third-order valence-electron chi connectivity index (χ3n) is 4.64. The standard InChI is InChI=1S/C23H18FN3O2/c24-18-11-9-16(10-12-18)21-22(19-3-1-2-14-25-19)27-20(26-21)13-6-15-4-7-17(8-5-15)23(28)29/h1-5,7-12,14H,6,13H2,(H,26,27)(H,28,29). The molecule has 5 nitrogen and oxygen atoms in total. The summed E-state index contributed by atoms with van der Waals surface area (Å²) in [6, 6.07) is 18.7. The zero-order valence-electron chi connectivity index (χ0n) is 15.5. The Bertz CT molecular complexity index is 1120. The van der Waals surface area contributed by atoms with E-state index in [0.717, 1.165) is 34.0 Å². The average Bonchev–Trinajstić information content (AvgIpc) is 3.18. The van der Waals surface area contributed by atoms with E-state index in [2.05, 4.69) is 9.97 Å². The van der Waals surface area contributed by atoms with Gasteiger partial charge < -0.3 is 10.1 Å². The van der Waals surface area contributed by atoms with Gasteiger partial charge in [0.2, 0.25) is 0 Å². The van der Waals surface area contributed by atoms with Gasteiger partial charge in [-0.25, -0.2) is 14.2 Å². The molecule has 0 spiro atoms. The molecule has 144 valence electrons. The summed E-state index contributed by atoms with van der Waals surface area (Å²) in [5.74, 6) is -0.451. The van der Waals surface area contributed by atoms with Gasteiger partial charge in [0.1, 0.15) is 11.6 Å². The Morgan fingerprint density at radius 2 is 1.72 bits per heavy atom. The van der Waals surface area contributed by atoms with Crippen LogP contribution in [-0.4, -0.2) is 26.0 Å². The molecular formula is C23H18FN3O2. The highest BCUT2D eigenvalue weighted by atomic mass is 19.1. The normalized spacial score (nSPS) is 10.8. The van der Waals surface area contributed by atoms with E-state index in [4.69, 9.17) is 10.1 Å². The van der Waals surface area contributed by atoms with Gasteiger partial charge >= 0.3 is 5.97 Å². The number of aromatic carboxylic acids is 1. The van der Waals surface area contributed by atoms with Crippen molar-refractivity contribution in [2.45, 2.75) is 12.8 Å². The van der Waals surface area contributed by atoms with E-state index in [1.807, 2.05) is 30.3 Å². The number of imidazole rings is 1. The number of pyridine rings is 1. The number of carbonyl (C=O) groups is 1. The predicted octanol–water partition coefficient (Wildman–Crippen LogP) is 4.76. The molecule has 0 bridgehead atoms. The number of benzene rings is 2. The van der Waals surface area contributed by atoms with Crippen LogP contribution < -0.4 is 0 Å². The second kappa shape index (κ2) is 8.06. The molecule has 2 N–H and O–H groups in total. The Hall–Kier alpha value is -3.80. The number of aromatic nitrogens is 3. The van der Waals surface area contributed by atoms with Crippen molar-refractivity contribution in [2.75, 3.05) is 0 Å².